The van der Waals surface area contributed by atoms with Gasteiger partial charge in [0.05, 0.1) is 4.90 Å². The maximum atomic E-state index is 12.4. The molecule has 0 atom stereocenters. The minimum absolute atomic E-state index is 0.00827. The highest BCUT2D eigenvalue weighted by Gasteiger charge is 2.24. The number of urea groups is 1. The molecule has 1 saturated heterocycles. The number of aryl methyl sites for hydroxylation is 1. The van der Waals surface area contributed by atoms with E-state index in [1.54, 1.807) is 12.1 Å². The fraction of sp³-hybridized carbons (Fsp3) is 0.435. The molecule has 0 bridgehead atoms. The molecule has 30 heavy (non-hydrogen) atoms. The molecule has 0 aliphatic carbocycles. The molecule has 2 amide bonds. The fourth-order valence-electron chi connectivity index (χ4n) is 3.78. The molecule has 1 N–H and O–H groups in total. The molecule has 1 aliphatic heterocycles. The highest BCUT2D eigenvalue weighted by Crippen LogP contribution is 2.29. The van der Waals surface area contributed by atoms with Crippen LogP contribution in [0, 0.1) is 0 Å². The monoisotopic (exact) mass is 429 g/mol. The van der Waals surface area contributed by atoms with Crippen LogP contribution in [0.5, 0.6) is 0 Å². The highest BCUT2D eigenvalue weighted by molar-refractivity contribution is 7.89. The second-order valence-corrected chi connectivity index (χ2v) is 10.1. The van der Waals surface area contributed by atoms with Gasteiger partial charge in [-0.15, -0.1) is 0 Å². The van der Waals surface area contributed by atoms with Crippen molar-refractivity contribution in [2.24, 2.45) is 0 Å². The van der Waals surface area contributed by atoms with Crippen molar-refractivity contribution in [3.8, 4) is 0 Å². The molecule has 162 valence electrons. The zero-order valence-electron chi connectivity index (χ0n) is 17.8. The number of nitrogens with zero attached hydrogens (tertiary/aromatic N) is 2. The first kappa shape index (κ1) is 22.3. The second-order valence-electron chi connectivity index (χ2n) is 7.94. The number of hydrogen-bond donors (Lipinski definition) is 1. The van der Waals surface area contributed by atoms with Crippen LogP contribution in [0.2, 0.25) is 0 Å². The summed E-state index contributed by atoms with van der Waals surface area (Å²) in [6.45, 7) is 2.11. The number of sulfonamides is 1. The van der Waals surface area contributed by atoms with Crippen molar-refractivity contribution in [3.63, 3.8) is 0 Å². The molecule has 0 radical (unpaired) electrons. The van der Waals surface area contributed by atoms with Gasteiger partial charge in [0.2, 0.25) is 10.0 Å². The van der Waals surface area contributed by atoms with E-state index in [4.69, 9.17) is 0 Å². The summed E-state index contributed by atoms with van der Waals surface area (Å²) in [4.78, 5) is 14.6. The van der Waals surface area contributed by atoms with Crippen LogP contribution in [-0.2, 0) is 16.4 Å². The van der Waals surface area contributed by atoms with E-state index in [1.807, 2.05) is 35.2 Å². The van der Waals surface area contributed by atoms with Gasteiger partial charge in [0.25, 0.3) is 0 Å². The van der Waals surface area contributed by atoms with E-state index in [1.165, 1.54) is 24.0 Å². The van der Waals surface area contributed by atoms with E-state index in [-0.39, 0.29) is 6.03 Å². The SMILES string of the molecule is CN(C)S(=O)(=O)c1ccc(C2CCN(C(=O)NCCCc3ccccc3)CC2)cc1. The van der Waals surface area contributed by atoms with E-state index in [0.29, 0.717) is 30.4 Å². The molecule has 3 rings (SSSR count). The van der Waals surface area contributed by atoms with Crippen molar-refractivity contribution in [1.29, 1.82) is 0 Å². The standard InChI is InChI=1S/C23H31N3O3S/c1-25(2)30(28,29)22-12-10-20(11-13-22)21-14-17-26(18-15-21)23(27)24-16-6-9-19-7-4-3-5-8-19/h3-5,7-8,10-13,21H,6,9,14-18H2,1-2H3,(H,24,27). The fourth-order valence-corrected chi connectivity index (χ4v) is 4.68. The maximum Gasteiger partial charge on any atom is 0.317 e. The second kappa shape index (κ2) is 10.1. The average molecular weight is 430 g/mol. The van der Waals surface area contributed by atoms with Crippen molar-refractivity contribution < 1.29 is 13.2 Å². The van der Waals surface area contributed by atoms with Crippen LogP contribution < -0.4 is 5.32 Å². The molecule has 0 aromatic heterocycles. The number of nitrogens with one attached hydrogen (secondary N) is 1. The predicted octanol–water partition coefficient (Wildman–Crippen LogP) is 3.46. The number of benzene rings is 2. The van der Waals surface area contributed by atoms with Gasteiger partial charge in [-0.25, -0.2) is 17.5 Å². The molecular weight excluding hydrogens is 398 g/mol. The largest absolute Gasteiger partial charge is 0.338 e. The summed E-state index contributed by atoms with van der Waals surface area (Å²) in [6, 6.07) is 17.5. The van der Waals surface area contributed by atoms with Crippen molar-refractivity contribution in [2.75, 3.05) is 33.7 Å². The molecule has 6 nitrogen and oxygen atoms in total. The molecule has 0 unspecified atom stereocenters. The Morgan fingerprint density at radius 3 is 2.27 bits per heavy atom. The first-order chi connectivity index (χ1) is 14.4. The predicted molar refractivity (Wildman–Crippen MR) is 119 cm³/mol. The van der Waals surface area contributed by atoms with Crippen LogP contribution in [0.3, 0.4) is 0 Å². The Morgan fingerprint density at radius 2 is 1.67 bits per heavy atom. The maximum absolute atomic E-state index is 12.4. The number of amides is 2. The molecule has 2 aromatic carbocycles. The summed E-state index contributed by atoms with van der Waals surface area (Å²) >= 11 is 0. The van der Waals surface area contributed by atoms with Gasteiger partial charge in [0.15, 0.2) is 0 Å². The molecule has 1 heterocycles. The minimum Gasteiger partial charge on any atom is -0.338 e. The van der Waals surface area contributed by atoms with Crippen LogP contribution in [-0.4, -0.2) is 57.4 Å². The zero-order chi connectivity index (χ0) is 21.6. The zero-order valence-corrected chi connectivity index (χ0v) is 18.6. The van der Waals surface area contributed by atoms with Crippen molar-refractivity contribution in [3.05, 3.63) is 65.7 Å². The van der Waals surface area contributed by atoms with Gasteiger partial charge in [0.1, 0.15) is 0 Å². The van der Waals surface area contributed by atoms with Gasteiger partial charge in [-0.3, -0.25) is 0 Å². The van der Waals surface area contributed by atoms with Crippen LogP contribution in [0.25, 0.3) is 0 Å². The lowest BCUT2D eigenvalue weighted by Crippen LogP contribution is -2.44. The molecule has 1 fully saturated rings. The Hall–Kier alpha value is -2.38. The summed E-state index contributed by atoms with van der Waals surface area (Å²) in [7, 11) is -0.334. The minimum atomic E-state index is -3.40. The third kappa shape index (κ3) is 5.61. The van der Waals surface area contributed by atoms with Crippen molar-refractivity contribution >= 4 is 16.1 Å². The number of rotatable bonds is 7. The molecule has 2 aromatic rings. The first-order valence-electron chi connectivity index (χ1n) is 10.5. The normalized spacial score (nSPS) is 15.4. The molecule has 1 aliphatic rings. The lowest BCUT2D eigenvalue weighted by molar-refractivity contribution is 0.181. The van der Waals surface area contributed by atoms with E-state index >= 15 is 0 Å². The summed E-state index contributed by atoms with van der Waals surface area (Å²) in [5, 5.41) is 3.03. The lowest BCUT2D eigenvalue weighted by Gasteiger charge is -2.32. The number of carbonyl (C=O) groups is 1. The molecule has 0 spiro atoms. The third-order valence-corrected chi connectivity index (χ3v) is 7.50. The van der Waals surface area contributed by atoms with Crippen LogP contribution in [0.4, 0.5) is 4.79 Å². The Balaban J connectivity index is 1.43. The number of carbonyl (C=O) groups excluding carboxylic acids is 1. The first-order valence-corrected chi connectivity index (χ1v) is 11.9. The number of hydrogen-bond acceptors (Lipinski definition) is 3. The topological polar surface area (TPSA) is 69.7 Å². The summed E-state index contributed by atoms with van der Waals surface area (Å²) in [6.07, 6.45) is 3.66. The highest BCUT2D eigenvalue weighted by atomic mass is 32.2. The summed E-state index contributed by atoms with van der Waals surface area (Å²) < 4.78 is 25.6. The third-order valence-electron chi connectivity index (χ3n) is 5.67. The Morgan fingerprint density at radius 1 is 1.03 bits per heavy atom. The van der Waals surface area contributed by atoms with Gasteiger partial charge in [-0.1, -0.05) is 42.5 Å². The van der Waals surface area contributed by atoms with Crippen molar-refractivity contribution in [1.82, 2.24) is 14.5 Å². The smallest absolute Gasteiger partial charge is 0.317 e. The quantitative estimate of drug-likeness (QED) is 0.686. The van der Waals surface area contributed by atoms with Gasteiger partial charge < -0.3 is 10.2 Å². The Bertz CT molecular complexity index is 920. The lowest BCUT2D eigenvalue weighted by atomic mass is 9.89. The van der Waals surface area contributed by atoms with Crippen LogP contribution in [0.1, 0.15) is 36.3 Å². The Kier molecular flexibility index (Phi) is 7.50. The van der Waals surface area contributed by atoms with E-state index in [2.05, 4.69) is 17.4 Å². The van der Waals surface area contributed by atoms with Gasteiger partial charge in [0, 0.05) is 33.7 Å². The number of piperidine rings is 1. The number of likely N-dealkylation sites (tertiary alicyclic amines) is 1. The van der Waals surface area contributed by atoms with Crippen LogP contribution >= 0.6 is 0 Å². The average Bonchev–Trinajstić information content (AvgIpc) is 2.77. The summed E-state index contributed by atoms with van der Waals surface area (Å²) in [5.41, 5.74) is 2.42. The van der Waals surface area contributed by atoms with E-state index in [0.717, 1.165) is 31.2 Å². The van der Waals surface area contributed by atoms with Gasteiger partial charge >= 0.3 is 6.03 Å². The molecule has 0 saturated carbocycles. The molecular formula is C23H31N3O3S. The van der Waals surface area contributed by atoms with E-state index < -0.39 is 10.0 Å². The van der Waals surface area contributed by atoms with Crippen molar-refractivity contribution in [2.45, 2.75) is 36.5 Å². The molecule has 7 heteroatoms. The van der Waals surface area contributed by atoms with Gasteiger partial charge in [-0.2, -0.15) is 0 Å². The summed E-state index contributed by atoms with van der Waals surface area (Å²) in [5.74, 6) is 0.350. The van der Waals surface area contributed by atoms with Gasteiger partial charge in [-0.05, 0) is 54.9 Å². The van der Waals surface area contributed by atoms with E-state index in [9.17, 15) is 13.2 Å². The Labute approximate surface area is 179 Å². The van der Waals surface area contributed by atoms with Crippen LogP contribution in [0.15, 0.2) is 59.5 Å².